The summed E-state index contributed by atoms with van der Waals surface area (Å²) < 4.78 is 13.1. The van der Waals surface area contributed by atoms with Crippen LogP contribution in [0.1, 0.15) is 18.7 Å². The molecule has 1 atom stereocenters. The molecule has 2 N–H and O–H groups in total. The van der Waals surface area contributed by atoms with Crippen LogP contribution in [0, 0.1) is 0 Å². The minimum absolute atomic E-state index is 0.181. The number of nitrogens with zero attached hydrogens (tertiary/aromatic N) is 4. The molecule has 3 aromatic heterocycles. The third-order valence-corrected chi connectivity index (χ3v) is 5.77. The summed E-state index contributed by atoms with van der Waals surface area (Å²) in [6, 6.07) is 17.0. The average Bonchev–Trinajstić information content (AvgIpc) is 3.46. The van der Waals surface area contributed by atoms with Crippen LogP contribution in [0.15, 0.2) is 71.6 Å². The number of nitrogen functional groups attached to an aromatic ring is 1. The molecule has 5 aromatic rings. The molecule has 0 fully saturated rings. The molecule has 0 saturated heterocycles. The van der Waals surface area contributed by atoms with E-state index < -0.39 is 0 Å². The maximum atomic E-state index is 6.25. The van der Waals surface area contributed by atoms with Crippen molar-refractivity contribution < 1.29 is 9.26 Å². The molecule has 0 amide bonds. The first-order valence-electron chi connectivity index (χ1n) is 10.0. The summed E-state index contributed by atoms with van der Waals surface area (Å²) in [7, 11) is 1.64. The number of methoxy groups -OCH3 is 1. The van der Waals surface area contributed by atoms with E-state index in [-0.39, 0.29) is 6.04 Å². The Bertz CT molecular complexity index is 1410. The van der Waals surface area contributed by atoms with Gasteiger partial charge in [0.1, 0.15) is 29.2 Å². The molecule has 8 heteroatoms. The Hall–Kier alpha value is -3.84. The van der Waals surface area contributed by atoms with Gasteiger partial charge in [0, 0.05) is 28.4 Å². The van der Waals surface area contributed by atoms with Gasteiger partial charge in [-0.05, 0) is 36.8 Å². The summed E-state index contributed by atoms with van der Waals surface area (Å²) >= 11 is 6.07. The number of nitrogens with two attached hydrogens (primary N) is 1. The largest absolute Gasteiger partial charge is 0.497 e. The SMILES string of the molecule is COc1cccc(-c2cc(C(C)n3cc(-c4ccc(Cl)cc4)c4c(N)ncnc43)on2)c1. The fourth-order valence-electron chi connectivity index (χ4n) is 3.79. The Morgan fingerprint density at radius 2 is 1.88 bits per heavy atom. The third kappa shape index (κ3) is 3.46. The van der Waals surface area contributed by atoms with Gasteiger partial charge >= 0.3 is 0 Å². The van der Waals surface area contributed by atoms with Crippen molar-refractivity contribution in [2.75, 3.05) is 12.8 Å². The standard InChI is InChI=1S/C24H20ClN5O2/c1-14(21-11-20(29-32-21)16-4-3-5-18(10-16)31-2)30-12-19(15-6-8-17(25)9-7-15)22-23(26)27-13-28-24(22)30/h3-14H,1-2H3,(H2,26,27,28). The van der Waals surface area contributed by atoms with Crippen molar-refractivity contribution >= 4 is 28.5 Å². The molecule has 5 rings (SSSR count). The van der Waals surface area contributed by atoms with Gasteiger partial charge in [0.2, 0.25) is 0 Å². The lowest BCUT2D eigenvalue weighted by atomic mass is 10.1. The van der Waals surface area contributed by atoms with Gasteiger partial charge in [-0.25, -0.2) is 9.97 Å². The van der Waals surface area contributed by atoms with Crippen LogP contribution in [0.2, 0.25) is 5.02 Å². The number of hydrogen-bond donors (Lipinski definition) is 1. The lowest BCUT2D eigenvalue weighted by Gasteiger charge is -2.11. The van der Waals surface area contributed by atoms with E-state index >= 15 is 0 Å². The van der Waals surface area contributed by atoms with Gasteiger partial charge in [0.25, 0.3) is 0 Å². The van der Waals surface area contributed by atoms with Crippen LogP contribution in [0.3, 0.4) is 0 Å². The van der Waals surface area contributed by atoms with E-state index in [1.54, 1.807) is 7.11 Å². The highest BCUT2D eigenvalue weighted by Crippen LogP contribution is 2.36. The Morgan fingerprint density at radius 3 is 2.66 bits per heavy atom. The summed E-state index contributed by atoms with van der Waals surface area (Å²) in [4.78, 5) is 8.70. The minimum atomic E-state index is -0.181. The van der Waals surface area contributed by atoms with Gasteiger partial charge in [-0.15, -0.1) is 0 Å². The van der Waals surface area contributed by atoms with Crippen LogP contribution in [0.4, 0.5) is 5.82 Å². The number of rotatable bonds is 5. The van der Waals surface area contributed by atoms with Crippen LogP contribution in [-0.2, 0) is 0 Å². The first kappa shape index (κ1) is 20.1. The van der Waals surface area contributed by atoms with E-state index in [2.05, 4.69) is 15.1 Å². The highest BCUT2D eigenvalue weighted by Gasteiger charge is 2.22. The molecule has 0 radical (unpaired) electrons. The second-order valence-electron chi connectivity index (χ2n) is 7.44. The number of ether oxygens (including phenoxy) is 1. The second-order valence-corrected chi connectivity index (χ2v) is 7.87. The molecule has 0 aliphatic rings. The molecule has 3 heterocycles. The first-order valence-corrected chi connectivity index (χ1v) is 10.4. The molecule has 0 saturated carbocycles. The Labute approximate surface area is 189 Å². The van der Waals surface area contributed by atoms with Gasteiger partial charge in [-0.2, -0.15) is 0 Å². The molecule has 0 spiro atoms. The molecule has 2 aromatic carbocycles. The highest BCUT2D eigenvalue weighted by molar-refractivity contribution is 6.30. The number of fused-ring (bicyclic) bond motifs is 1. The number of halogens is 1. The third-order valence-electron chi connectivity index (χ3n) is 5.52. The summed E-state index contributed by atoms with van der Waals surface area (Å²) in [6.07, 6.45) is 3.48. The summed E-state index contributed by atoms with van der Waals surface area (Å²) in [5.74, 6) is 1.87. The molecular formula is C24H20ClN5O2. The zero-order valence-corrected chi connectivity index (χ0v) is 18.2. The van der Waals surface area contributed by atoms with E-state index in [1.165, 1.54) is 6.33 Å². The quantitative estimate of drug-likeness (QED) is 0.378. The zero-order chi connectivity index (χ0) is 22.2. The fraction of sp³-hybridized carbons (Fsp3) is 0.125. The highest BCUT2D eigenvalue weighted by atomic mass is 35.5. The number of benzene rings is 2. The van der Waals surface area contributed by atoms with Gasteiger partial charge in [0.05, 0.1) is 18.5 Å². The van der Waals surface area contributed by atoms with Crippen molar-refractivity contribution in [3.05, 3.63) is 77.9 Å². The molecule has 32 heavy (non-hydrogen) atoms. The molecule has 7 nitrogen and oxygen atoms in total. The Morgan fingerprint density at radius 1 is 1.06 bits per heavy atom. The number of anilines is 1. The summed E-state index contributed by atoms with van der Waals surface area (Å²) in [6.45, 7) is 2.03. The topological polar surface area (TPSA) is 92.0 Å². The second kappa shape index (κ2) is 8.01. The normalized spacial score (nSPS) is 12.2. The van der Waals surface area contributed by atoms with E-state index in [0.717, 1.165) is 33.5 Å². The van der Waals surface area contributed by atoms with Crippen molar-refractivity contribution in [3.8, 4) is 28.1 Å². The summed E-state index contributed by atoms with van der Waals surface area (Å²) in [5.41, 5.74) is 10.5. The average molecular weight is 446 g/mol. The predicted molar refractivity (Wildman–Crippen MR) is 125 cm³/mol. The molecule has 1 unspecified atom stereocenters. The smallest absolute Gasteiger partial charge is 0.159 e. The summed E-state index contributed by atoms with van der Waals surface area (Å²) in [5, 5.41) is 5.72. The monoisotopic (exact) mass is 445 g/mol. The molecule has 0 bridgehead atoms. The van der Waals surface area contributed by atoms with Crippen molar-refractivity contribution in [2.45, 2.75) is 13.0 Å². The molecular weight excluding hydrogens is 426 g/mol. The van der Waals surface area contributed by atoms with Crippen molar-refractivity contribution in [3.63, 3.8) is 0 Å². The molecule has 0 aliphatic heterocycles. The van der Waals surface area contributed by atoms with Crippen LogP contribution in [0.5, 0.6) is 5.75 Å². The van der Waals surface area contributed by atoms with Crippen molar-refractivity contribution in [1.29, 1.82) is 0 Å². The lowest BCUT2D eigenvalue weighted by Crippen LogP contribution is -2.05. The van der Waals surface area contributed by atoms with Gasteiger partial charge in [-0.1, -0.05) is 41.0 Å². The van der Waals surface area contributed by atoms with E-state index in [1.807, 2.05) is 72.3 Å². The van der Waals surface area contributed by atoms with Gasteiger partial charge < -0.3 is 19.6 Å². The number of aromatic nitrogens is 4. The number of hydrogen-bond acceptors (Lipinski definition) is 6. The zero-order valence-electron chi connectivity index (χ0n) is 17.5. The van der Waals surface area contributed by atoms with Gasteiger partial charge in [-0.3, -0.25) is 0 Å². The fourth-order valence-corrected chi connectivity index (χ4v) is 3.92. The van der Waals surface area contributed by atoms with E-state index in [4.69, 9.17) is 26.6 Å². The first-order chi connectivity index (χ1) is 15.5. The van der Waals surface area contributed by atoms with E-state index in [0.29, 0.717) is 22.2 Å². The Kier molecular flexibility index (Phi) is 5.03. The van der Waals surface area contributed by atoms with Crippen LogP contribution >= 0.6 is 11.6 Å². The molecule has 160 valence electrons. The lowest BCUT2D eigenvalue weighted by molar-refractivity contribution is 0.356. The Balaban J connectivity index is 1.59. The van der Waals surface area contributed by atoms with Crippen molar-refractivity contribution in [2.24, 2.45) is 0 Å². The van der Waals surface area contributed by atoms with Crippen LogP contribution < -0.4 is 10.5 Å². The maximum absolute atomic E-state index is 6.25. The van der Waals surface area contributed by atoms with E-state index in [9.17, 15) is 0 Å². The van der Waals surface area contributed by atoms with Crippen LogP contribution in [0.25, 0.3) is 33.4 Å². The maximum Gasteiger partial charge on any atom is 0.159 e. The van der Waals surface area contributed by atoms with Crippen molar-refractivity contribution in [1.82, 2.24) is 19.7 Å². The minimum Gasteiger partial charge on any atom is -0.497 e. The predicted octanol–water partition coefficient (Wildman–Crippen LogP) is 5.61. The molecule has 0 aliphatic carbocycles. The van der Waals surface area contributed by atoms with Gasteiger partial charge in [0.15, 0.2) is 5.76 Å². The van der Waals surface area contributed by atoms with Crippen LogP contribution in [-0.4, -0.2) is 26.8 Å².